The molecular weight excluding hydrogens is 364 g/mol. The van der Waals surface area contributed by atoms with Crippen molar-refractivity contribution in [3.05, 3.63) is 46.2 Å². The molecule has 0 spiro atoms. The third kappa shape index (κ3) is 4.20. The van der Waals surface area contributed by atoms with Crippen LogP contribution in [0.25, 0.3) is 0 Å². The maximum absolute atomic E-state index is 12.4. The van der Waals surface area contributed by atoms with Gasteiger partial charge in [-0.15, -0.1) is 0 Å². The molecular formula is C16H21ClN4O3S. The Morgan fingerprint density at radius 1 is 1.28 bits per heavy atom. The van der Waals surface area contributed by atoms with Crippen molar-refractivity contribution in [2.24, 2.45) is 0 Å². The van der Waals surface area contributed by atoms with Crippen molar-refractivity contribution in [3.63, 3.8) is 0 Å². The van der Waals surface area contributed by atoms with Gasteiger partial charge in [0.25, 0.3) is 0 Å². The molecule has 2 aromatic rings. The molecule has 1 heterocycles. The Morgan fingerprint density at radius 3 is 2.52 bits per heavy atom. The SMILES string of the molecule is Cc1nn(CC(=O)NCc2ccccc2Cl)c(C)c1S(=O)(=O)N(C)C. The van der Waals surface area contributed by atoms with Crippen LogP contribution in [-0.2, 0) is 27.9 Å². The number of carbonyl (C=O) groups excluding carboxylic acids is 1. The Balaban J connectivity index is 2.13. The fourth-order valence-electron chi connectivity index (χ4n) is 2.42. The van der Waals surface area contributed by atoms with Crippen molar-refractivity contribution < 1.29 is 13.2 Å². The smallest absolute Gasteiger partial charge is 0.246 e. The minimum Gasteiger partial charge on any atom is -0.350 e. The molecule has 1 aromatic carbocycles. The molecule has 7 nitrogen and oxygen atoms in total. The number of amides is 1. The molecule has 1 amide bonds. The second-order valence-corrected chi connectivity index (χ2v) is 8.31. The Morgan fingerprint density at radius 2 is 1.92 bits per heavy atom. The maximum atomic E-state index is 12.4. The summed E-state index contributed by atoms with van der Waals surface area (Å²) in [6.07, 6.45) is 0. The Labute approximate surface area is 152 Å². The molecule has 2 rings (SSSR count). The van der Waals surface area contributed by atoms with E-state index in [2.05, 4.69) is 10.4 Å². The third-order valence-electron chi connectivity index (χ3n) is 3.78. The van der Waals surface area contributed by atoms with Crippen LogP contribution in [0.1, 0.15) is 17.0 Å². The first-order valence-electron chi connectivity index (χ1n) is 7.61. The summed E-state index contributed by atoms with van der Waals surface area (Å²) in [6.45, 7) is 3.47. The van der Waals surface area contributed by atoms with Crippen LogP contribution in [0, 0.1) is 13.8 Å². The predicted molar refractivity (Wildman–Crippen MR) is 95.9 cm³/mol. The molecule has 0 bridgehead atoms. The highest BCUT2D eigenvalue weighted by Gasteiger charge is 2.27. The van der Waals surface area contributed by atoms with Crippen LogP contribution in [0.4, 0.5) is 0 Å². The number of sulfonamides is 1. The van der Waals surface area contributed by atoms with Gasteiger partial charge in [0.2, 0.25) is 15.9 Å². The van der Waals surface area contributed by atoms with Crippen molar-refractivity contribution in [2.45, 2.75) is 31.8 Å². The van der Waals surface area contributed by atoms with Gasteiger partial charge in [-0.1, -0.05) is 29.8 Å². The lowest BCUT2D eigenvalue weighted by atomic mass is 10.2. The topological polar surface area (TPSA) is 84.3 Å². The van der Waals surface area contributed by atoms with E-state index in [-0.39, 0.29) is 17.3 Å². The highest BCUT2D eigenvalue weighted by atomic mass is 35.5. The predicted octanol–water partition coefficient (Wildman–Crippen LogP) is 1.72. The number of carbonyl (C=O) groups is 1. The van der Waals surface area contributed by atoms with Crippen LogP contribution in [0.2, 0.25) is 5.02 Å². The summed E-state index contributed by atoms with van der Waals surface area (Å²) in [5.74, 6) is -0.278. The van der Waals surface area contributed by atoms with E-state index >= 15 is 0 Å². The zero-order valence-electron chi connectivity index (χ0n) is 14.6. The minimum atomic E-state index is -3.61. The number of hydrogen-bond donors (Lipinski definition) is 1. The van der Waals surface area contributed by atoms with Crippen molar-refractivity contribution in [1.82, 2.24) is 19.4 Å². The van der Waals surface area contributed by atoms with Gasteiger partial charge >= 0.3 is 0 Å². The zero-order valence-corrected chi connectivity index (χ0v) is 16.1. The van der Waals surface area contributed by atoms with Crippen LogP contribution in [0.15, 0.2) is 29.2 Å². The minimum absolute atomic E-state index is 0.0694. The van der Waals surface area contributed by atoms with Crippen molar-refractivity contribution >= 4 is 27.5 Å². The number of aromatic nitrogens is 2. The molecule has 0 fully saturated rings. The van der Waals surface area contributed by atoms with Gasteiger partial charge in [0, 0.05) is 25.7 Å². The van der Waals surface area contributed by atoms with E-state index in [0.717, 1.165) is 9.87 Å². The molecule has 0 atom stereocenters. The standard InChI is InChI=1S/C16H21ClN4O3S/c1-11-16(25(23,24)20(3)4)12(2)21(19-11)10-15(22)18-9-13-7-5-6-8-14(13)17/h5-8H,9-10H2,1-4H3,(H,18,22). The summed E-state index contributed by atoms with van der Waals surface area (Å²) >= 11 is 6.06. The number of halogens is 1. The summed E-state index contributed by atoms with van der Waals surface area (Å²) < 4.78 is 27.3. The number of nitrogens with one attached hydrogen (secondary N) is 1. The first-order chi connectivity index (χ1) is 11.6. The van der Waals surface area contributed by atoms with Crippen LogP contribution in [-0.4, -0.2) is 42.5 Å². The molecule has 0 aliphatic rings. The average Bonchev–Trinajstić information content (AvgIpc) is 2.80. The molecule has 0 unspecified atom stereocenters. The number of rotatable bonds is 6. The summed E-state index contributed by atoms with van der Waals surface area (Å²) in [5, 5.41) is 7.53. The number of hydrogen-bond acceptors (Lipinski definition) is 4. The summed E-state index contributed by atoms with van der Waals surface area (Å²) in [6, 6.07) is 7.24. The first-order valence-corrected chi connectivity index (χ1v) is 9.43. The number of benzene rings is 1. The van der Waals surface area contributed by atoms with E-state index in [9.17, 15) is 13.2 Å². The molecule has 0 radical (unpaired) electrons. The number of nitrogens with zero attached hydrogens (tertiary/aromatic N) is 3. The fraction of sp³-hybridized carbons (Fsp3) is 0.375. The lowest BCUT2D eigenvalue weighted by Crippen LogP contribution is -2.28. The van der Waals surface area contributed by atoms with Gasteiger partial charge in [-0.05, 0) is 25.5 Å². The average molecular weight is 385 g/mol. The summed E-state index contributed by atoms with van der Waals surface area (Å²) in [4.78, 5) is 12.3. The van der Waals surface area contributed by atoms with Crippen molar-refractivity contribution in [1.29, 1.82) is 0 Å². The Bertz CT molecular complexity index is 891. The van der Waals surface area contributed by atoms with E-state index in [1.807, 2.05) is 18.2 Å². The molecule has 9 heteroatoms. The largest absolute Gasteiger partial charge is 0.350 e. The maximum Gasteiger partial charge on any atom is 0.246 e. The number of aryl methyl sites for hydroxylation is 1. The molecule has 1 aromatic heterocycles. The first kappa shape index (κ1) is 19.4. The molecule has 0 aliphatic heterocycles. The second kappa shape index (κ2) is 7.55. The van der Waals surface area contributed by atoms with Gasteiger partial charge in [0.1, 0.15) is 11.4 Å². The van der Waals surface area contributed by atoms with E-state index in [1.165, 1.54) is 18.8 Å². The Kier molecular flexibility index (Phi) is 5.87. The zero-order chi connectivity index (χ0) is 18.8. The van der Waals surface area contributed by atoms with E-state index < -0.39 is 10.0 Å². The Hall–Kier alpha value is -1.90. The highest BCUT2D eigenvalue weighted by Crippen LogP contribution is 2.22. The van der Waals surface area contributed by atoms with E-state index in [4.69, 9.17) is 11.6 Å². The third-order valence-corrected chi connectivity index (χ3v) is 6.22. The van der Waals surface area contributed by atoms with Gasteiger partial charge in [-0.25, -0.2) is 12.7 Å². The van der Waals surface area contributed by atoms with Crippen molar-refractivity contribution in [2.75, 3.05) is 14.1 Å². The van der Waals surface area contributed by atoms with Gasteiger partial charge in [0.15, 0.2) is 0 Å². The fourth-order valence-corrected chi connectivity index (χ4v) is 3.88. The van der Waals surface area contributed by atoms with E-state index in [1.54, 1.807) is 19.9 Å². The molecule has 0 saturated heterocycles. The lowest BCUT2D eigenvalue weighted by molar-refractivity contribution is -0.122. The van der Waals surface area contributed by atoms with Gasteiger partial charge in [0.05, 0.1) is 11.4 Å². The van der Waals surface area contributed by atoms with Crippen LogP contribution < -0.4 is 5.32 Å². The van der Waals surface area contributed by atoms with Crippen LogP contribution in [0.5, 0.6) is 0 Å². The quantitative estimate of drug-likeness (QED) is 0.821. The van der Waals surface area contributed by atoms with Crippen LogP contribution in [0.3, 0.4) is 0 Å². The normalized spacial score (nSPS) is 11.8. The summed E-state index contributed by atoms with van der Waals surface area (Å²) in [5.41, 5.74) is 1.60. The second-order valence-electron chi connectivity index (χ2n) is 5.81. The van der Waals surface area contributed by atoms with Crippen molar-refractivity contribution in [3.8, 4) is 0 Å². The molecule has 0 aliphatic carbocycles. The highest BCUT2D eigenvalue weighted by molar-refractivity contribution is 7.89. The van der Waals surface area contributed by atoms with Crippen LogP contribution >= 0.6 is 11.6 Å². The molecule has 25 heavy (non-hydrogen) atoms. The van der Waals surface area contributed by atoms with E-state index in [0.29, 0.717) is 23.0 Å². The van der Waals surface area contributed by atoms with Gasteiger partial charge < -0.3 is 5.32 Å². The monoisotopic (exact) mass is 384 g/mol. The lowest BCUT2D eigenvalue weighted by Gasteiger charge is -2.12. The molecule has 0 saturated carbocycles. The van der Waals surface area contributed by atoms with Gasteiger partial charge in [-0.3, -0.25) is 9.48 Å². The molecule has 1 N–H and O–H groups in total. The summed E-state index contributed by atoms with van der Waals surface area (Å²) in [7, 11) is -0.693. The van der Waals surface area contributed by atoms with Gasteiger partial charge in [-0.2, -0.15) is 5.10 Å². The molecule has 136 valence electrons.